The highest BCUT2D eigenvalue weighted by molar-refractivity contribution is 5.79. The summed E-state index contributed by atoms with van der Waals surface area (Å²) in [7, 11) is 4.61. The van der Waals surface area contributed by atoms with Gasteiger partial charge in [0.25, 0.3) is 5.56 Å². The Morgan fingerprint density at radius 3 is 2.41 bits per heavy atom. The highest BCUT2D eigenvalue weighted by Crippen LogP contribution is 2.34. The van der Waals surface area contributed by atoms with E-state index in [1.165, 1.54) is 32.2 Å². The summed E-state index contributed by atoms with van der Waals surface area (Å²) in [5.74, 6) is 1.30. The highest BCUT2D eigenvalue weighted by atomic mass is 16.5. The van der Waals surface area contributed by atoms with Gasteiger partial charge in [0.15, 0.2) is 11.5 Å². The standard InChI is InChI=1S/C21H23N3O5/c1-13-5-6-16-15(7-13)21(26)24(12-23-16)11-20(25)22-10-14-8-18(28-3)19(29-4)9-17(14)27-2/h5-9,12H,10-11H2,1-4H3,(H,22,25). The van der Waals surface area contributed by atoms with Crippen LogP contribution in [-0.4, -0.2) is 36.8 Å². The Kier molecular flexibility index (Phi) is 6.01. The molecule has 0 aliphatic heterocycles. The number of methoxy groups -OCH3 is 3. The summed E-state index contributed by atoms with van der Waals surface area (Å²) in [6, 6.07) is 8.89. The van der Waals surface area contributed by atoms with Gasteiger partial charge in [0.05, 0.1) is 38.6 Å². The topological polar surface area (TPSA) is 91.7 Å². The second kappa shape index (κ2) is 8.64. The number of carbonyl (C=O) groups is 1. The van der Waals surface area contributed by atoms with Crippen molar-refractivity contribution in [1.82, 2.24) is 14.9 Å². The van der Waals surface area contributed by atoms with Crippen LogP contribution in [0.5, 0.6) is 17.2 Å². The predicted octanol–water partition coefficient (Wildman–Crippen LogP) is 2.05. The number of hydrogen-bond acceptors (Lipinski definition) is 6. The monoisotopic (exact) mass is 397 g/mol. The quantitative estimate of drug-likeness (QED) is 0.656. The van der Waals surface area contributed by atoms with Crippen molar-refractivity contribution in [3.8, 4) is 17.2 Å². The molecule has 1 aromatic heterocycles. The van der Waals surface area contributed by atoms with Gasteiger partial charge in [0.2, 0.25) is 5.91 Å². The number of aromatic nitrogens is 2. The number of benzene rings is 2. The second-order valence-corrected chi connectivity index (χ2v) is 6.49. The maximum absolute atomic E-state index is 12.6. The van der Waals surface area contributed by atoms with Gasteiger partial charge in [-0.15, -0.1) is 0 Å². The highest BCUT2D eigenvalue weighted by Gasteiger charge is 2.14. The first-order valence-corrected chi connectivity index (χ1v) is 8.98. The normalized spacial score (nSPS) is 10.6. The fourth-order valence-corrected chi connectivity index (χ4v) is 3.02. The molecule has 0 atom stereocenters. The number of fused-ring (bicyclic) bond motifs is 1. The lowest BCUT2D eigenvalue weighted by molar-refractivity contribution is -0.121. The van der Waals surface area contributed by atoms with Gasteiger partial charge in [-0.25, -0.2) is 4.98 Å². The number of carbonyl (C=O) groups excluding carboxylic acids is 1. The van der Waals surface area contributed by atoms with E-state index < -0.39 is 0 Å². The van der Waals surface area contributed by atoms with Crippen molar-refractivity contribution in [3.63, 3.8) is 0 Å². The Labute approximate surface area is 168 Å². The van der Waals surface area contributed by atoms with Gasteiger partial charge in [-0.3, -0.25) is 14.2 Å². The van der Waals surface area contributed by atoms with Crippen LogP contribution in [0.1, 0.15) is 11.1 Å². The molecule has 0 spiro atoms. The molecule has 8 nitrogen and oxygen atoms in total. The summed E-state index contributed by atoms with van der Waals surface area (Å²) in [6.45, 7) is 1.97. The summed E-state index contributed by atoms with van der Waals surface area (Å²) >= 11 is 0. The van der Waals surface area contributed by atoms with E-state index in [2.05, 4.69) is 10.3 Å². The van der Waals surface area contributed by atoms with Crippen molar-refractivity contribution in [2.45, 2.75) is 20.0 Å². The van der Waals surface area contributed by atoms with Crippen LogP contribution in [0.4, 0.5) is 0 Å². The Morgan fingerprint density at radius 1 is 1.03 bits per heavy atom. The van der Waals surface area contributed by atoms with E-state index in [9.17, 15) is 9.59 Å². The van der Waals surface area contributed by atoms with E-state index >= 15 is 0 Å². The third-order valence-electron chi connectivity index (χ3n) is 4.56. The van der Waals surface area contributed by atoms with Crippen LogP contribution < -0.4 is 25.1 Å². The Hall–Kier alpha value is -3.55. The molecule has 3 aromatic rings. The lowest BCUT2D eigenvalue weighted by Crippen LogP contribution is -2.32. The van der Waals surface area contributed by atoms with E-state index in [1.54, 1.807) is 24.3 Å². The van der Waals surface area contributed by atoms with Crippen LogP contribution in [0.2, 0.25) is 0 Å². The molecule has 29 heavy (non-hydrogen) atoms. The Balaban J connectivity index is 1.76. The molecule has 0 aliphatic carbocycles. The predicted molar refractivity (Wildman–Crippen MR) is 109 cm³/mol. The maximum atomic E-state index is 12.6. The SMILES string of the molecule is COc1cc(OC)c(OC)cc1CNC(=O)Cn1cnc2ccc(C)cc2c1=O. The molecule has 0 saturated carbocycles. The molecule has 0 saturated heterocycles. The van der Waals surface area contributed by atoms with E-state index in [4.69, 9.17) is 14.2 Å². The minimum absolute atomic E-state index is 0.134. The fourth-order valence-electron chi connectivity index (χ4n) is 3.02. The average molecular weight is 397 g/mol. The summed E-state index contributed by atoms with van der Waals surface area (Å²) in [5.41, 5.74) is 2.03. The number of nitrogens with zero attached hydrogens (tertiary/aromatic N) is 2. The van der Waals surface area contributed by atoms with Crippen LogP contribution in [0.15, 0.2) is 41.5 Å². The van der Waals surface area contributed by atoms with E-state index in [0.29, 0.717) is 28.2 Å². The third kappa shape index (κ3) is 4.31. The van der Waals surface area contributed by atoms with Crippen molar-refractivity contribution in [2.24, 2.45) is 0 Å². The fraction of sp³-hybridized carbons (Fsp3) is 0.286. The van der Waals surface area contributed by atoms with Crippen molar-refractivity contribution in [2.75, 3.05) is 21.3 Å². The molecule has 1 heterocycles. The molecule has 2 aromatic carbocycles. The molecule has 0 fully saturated rings. The van der Waals surface area contributed by atoms with E-state index in [1.807, 2.05) is 13.0 Å². The average Bonchev–Trinajstić information content (AvgIpc) is 2.73. The maximum Gasteiger partial charge on any atom is 0.261 e. The molecule has 0 bridgehead atoms. The number of aryl methyl sites for hydroxylation is 1. The summed E-state index contributed by atoms with van der Waals surface area (Å²) in [6.07, 6.45) is 1.39. The van der Waals surface area contributed by atoms with Crippen molar-refractivity contribution < 1.29 is 19.0 Å². The molecule has 0 aliphatic rings. The summed E-state index contributed by atoms with van der Waals surface area (Å²) < 4.78 is 17.2. The van der Waals surface area contributed by atoms with E-state index in [-0.39, 0.29) is 24.6 Å². The number of amides is 1. The van der Waals surface area contributed by atoms with Gasteiger partial charge < -0.3 is 19.5 Å². The number of hydrogen-bond donors (Lipinski definition) is 1. The van der Waals surface area contributed by atoms with Crippen LogP contribution in [0.3, 0.4) is 0 Å². The van der Waals surface area contributed by atoms with Crippen LogP contribution in [-0.2, 0) is 17.9 Å². The number of ether oxygens (including phenoxy) is 3. The van der Waals surface area contributed by atoms with Crippen molar-refractivity contribution in [1.29, 1.82) is 0 Å². The first kappa shape index (κ1) is 20.2. The molecule has 3 rings (SSSR count). The first-order chi connectivity index (χ1) is 14.0. The number of nitrogens with one attached hydrogen (secondary N) is 1. The molecular formula is C21H23N3O5. The van der Waals surface area contributed by atoms with Crippen molar-refractivity contribution in [3.05, 3.63) is 58.1 Å². The van der Waals surface area contributed by atoms with Crippen LogP contribution in [0, 0.1) is 6.92 Å². The zero-order valence-electron chi connectivity index (χ0n) is 16.8. The van der Waals surface area contributed by atoms with Gasteiger partial charge in [-0.1, -0.05) is 11.6 Å². The smallest absolute Gasteiger partial charge is 0.261 e. The first-order valence-electron chi connectivity index (χ1n) is 8.98. The van der Waals surface area contributed by atoms with Crippen LogP contribution in [0.25, 0.3) is 10.9 Å². The third-order valence-corrected chi connectivity index (χ3v) is 4.56. The second-order valence-electron chi connectivity index (χ2n) is 6.49. The molecule has 152 valence electrons. The lowest BCUT2D eigenvalue weighted by atomic mass is 10.1. The van der Waals surface area contributed by atoms with E-state index in [0.717, 1.165) is 11.1 Å². The van der Waals surface area contributed by atoms with Gasteiger partial charge in [-0.2, -0.15) is 0 Å². The molecular weight excluding hydrogens is 374 g/mol. The molecule has 1 amide bonds. The largest absolute Gasteiger partial charge is 0.496 e. The summed E-state index contributed by atoms with van der Waals surface area (Å²) in [5, 5.41) is 3.28. The van der Waals surface area contributed by atoms with Gasteiger partial charge in [-0.05, 0) is 25.1 Å². The van der Waals surface area contributed by atoms with Crippen molar-refractivity contribution >= 4 is 16.8 Å². The Bertz CT molecular complexity index is 1110. The summed E-state index contributed by atoms with van der Waals surface area (Å²) in [4.78, 5) is 29.3. The van der Waals surface area contributed by atoms with Crippen LogP contribution >= 0.6 is 0 Å². The zero-order valence-corrected chi connectivity index (χ0v) is 16.8. The van der Waals surface area contributed by atoms with Gasteiger partial charge in [0.1, 0.15) is 12.3 Å². The molecule has 8 heteroatoms. The zero-order chi connectivity index (χ0) is 21.0. The number of rotatable bonds is 7. The molecule has 0 radical (unpaired) electrons. The lowest BCUT2D eigenvalue weighted by Gasteiger charge is -2.15. The molecule has 0 unspecified atom stereocenters. The molecule has 1 N–H and O–H groups in total. The minimum Gasteiger partial charge on any atom is -0.496 e. The van der Waals surface area contributed by atoms with Gasteiger partial charge in [0, 0.05) is 18.2 Å². The van der Waals surface area contributed by atoms with Gasteiger partial charge >= 0.3 is 0 Å². The minimum atomic E-state index is -0.322. The Morgan fingerprint density at radius 2 is 1.72 bits per heavy atom.